The van der Waals surface area contributed by atoms with E-state index in [1.807, 2.05) is 50.5 Å². The van der Waals surface area contributed by atoms with Crippen LogP contribution < -0.4 is 4.57 Å². The maximum absolute atomic E-state index is 9.39. The van der Waals surface area contributed by atoms with Gasteiger partial charge in [0, 0.05) is 22.9 Å². The quantitative estimate of drug-likeness (QED) is 0.483. The first kappa shape index (κ1) is 14.5. The second-order valence-corrected chi connectivity index (χ2v) is 6.20. The van der Waals surface area contributed by atoms with Crippen LogP contribution in [0.25, 0.3) is 33.2 Å². The van der Waals surface area contributed by atoms with Crippen LogP contribution >= 0.6 is 0 Å². The molecule has 2 aromatic heterocycles. The molecule has 0 spiro atoms. The van der Waals surface area contributed by atoms with Crippen molar-refractivity contribution in [2.24, 2.45) is 7.05 Å². The van der Waals surface area contributed by atoms with Crippen molar-refractivity contribution in [1.82, 2.24) is 0 Å². The molecule has 0 N–H and O–H groups in total. The van der Waals surface area contributed by atoms with Gasteiger partial charge in [-0.05, 0) is 49.2 Å². The van der Waals surface area contributed by atoms with E-state index in [9.17, 15) is 5.26 Å². The van der Waals surface area contributed by atoms with E-state index >= 15 is 0 Å². The highest BCUT2D eigenvalue weighted by molar-refractivity contribution is 6.13. The van der Waals surface area contributed by atoms with Crippen molar-refractivity contribution < 1.29 is 8.98 Å². The Morgan fingerprint density at radius 1 is 1.00 bits per heavy atom. The number of pyridine rings is 1. The largest absolute Gasteiger partial charge is 0.456 e. The summed E-state index contributed by atoms with van der Waals surface area (Å²) >= 11 is 0. The molecule has 24 heavy (non-hydrogen) atoms. The fourth-order valence-electron chi connectivity index (χ4n) is 3.35. The van der Waals surface area contributed by atoms with Gasteiger partial charge >= 0.3 is 0 Å². The first-order chi connectivity index (χ1) is 11.6. The van der Waals surface area contributed by atoms with Gasteiger partial charge in [-0.1, -0.05) is 6.07 Å². The van der Waals surface area contributed by atoms with Crippen molar-refractivity contribution in [3.63, 3.8) is 0 Å². The number of hydrogen-bond acceptors (Lipinski definition) is 2. The predicted molar refractivity (Wildman–Crippen MR) is 94.5 cm³/mol. The third-order valence-electron chi connectivity index (χ3n) is 4.62. The molecule has 2 aromatic carbocycles. The van der Waals surface area contributed by atoms with Gasteiger partial charge in [0.05, 0.1) is 17.2 Å². The highest BCUT2D eigenvalue weighted by Crippen LogP contribution is 2.38. The van der Waals surface area contributed by atoms with Crippen molar-refractivity contribution in [2.45, 2.75) is 13.8 Å². The third-order valence-corrected chi connectivity index (χ3v) is 4.62. The summed E-state index contributed by atoms with van der Waals surface area (Å²) in [6.07, 6.45) is 2.04. The van der Waals surface area contributed by atoms with Gasteiger partial charge in [-0.25, -0.2) is 4.57 Å². The van der Waals surface area contributed by atoms with Gasteiger partial charge in [0.1, 0.15) is 18.2 Å². The predicted octanol–water partition coefficient (Wildman–Crippen LogP) is 4.57. The summed E-state index contributed by atoms with van der Waals surface area (Å²) in [4.78, 5) is 0. The van der Waals surface area contributed by atoms with Gasteiger partial charge in [-0.2, -0.15) is 5.26 Å². The topological polar surface area (TPSA) is 40.8 Å². The lowest BCUT2D eigenvalue weighted by Gasteiger charge is -2.06. The van der Waals surface area contributed by atoms with E-state index < -0.39 is 0 Å². The van der Waals surface area contributed by atoms with Gasteiger partial charge < -0.3 is 4.42 Å². The number of rotatable bonds is 1. The smallest absolute Gasteiger partial charge is 0.213 e. The Kier molecular flexibility index (Phi) is 3.14. The molecule has 0 radical (unpaired) electrons. The van der Waals surface area contributed by atoms with E-state index in [0.29, 0.717) is 5.56 Å². The van der Waals surface area contributed by atoms with Crippen LogP contribution in [-0.2, 0) is 7.05 Å². The van der Waals surface area contributed by atoms with Crippen LogP contribution in [-0.4, -0.2) is 0 Å². The Morgan fingerprint density at radius 3 is 2.58 bits per heavy atom. The van der Waals surface area contributed by atoms with Crippen LogP contribution in [0.2, 0.25) is 0 Å². The van der Waals surface area contributed by atoms with Crippen molar-refractivity contribution in [3.05, 3.63) is 65.4 Å². The summed E-state index contributed by atoms with van der Waals surface area (Å²) in [5.74, 6) is 0. The summed E-state index contributed by atoms with van der Waals surface area (Å²) in [7, 11) is 2.04. The molecule has 0 saturated carbocycles. The molecular weight excluding hydrogens is 296 g/mol. The summed E-state index contributed by atoms with van der Waals surface area (Å²) < 4.78 is 8.18. The van der Waals surface area contributed by atoms with Gasteiger partial charge in [-0.15, -0.1) is 0 Å². The maximum atomic E-state index is 9.39. The van der Waals surface area contributed by atoms with Crippen LogP contribution in [0.15, 0.2) is 53.1 Å². The molecule has 0 fully saturated rings. The standard InChI is InChI=1S/C21H17N2O/c1-13-7-8-18-21(20(13)17-6-4-5-9-23(17)3)16-11-15(12-22)14(2)10-19(16)24-18/h4-11H,1-3H3/q+1. The zero-order chi connectivity index (χ0) is 16.8. The molecule has 0 aliphatic heterocycles. The molecule has 3 nitrogen and oxygen atoms in total. The Morgan fingerprint density at radius 2 is 1.83 bits per heavy atom. The van der Waals surface area contributed by atoms with Gasteiger partial charge in [0.25, 0.3) is 0 Å². The SMILES string of the molecule is Cc1cc2oc3ccc(C)c(-c4cccc[n+]4C)c3c2cc1C#N. The minimum Gasteiger partial charge on any atom is -0.456 e. The van der Waals surface area contributed by atoms with Crippen LogP contribution in [0, 0.1) is 25.2 Å². The molecule has 0 atom stereocenters. The molecular formula is C21H17N2O+. The van der Waals surface area contributed by atoms with Gasteiger partial charge in [-0.3, -0.25) is 0 Å². The molecule has 4 rings (SSSR count). The summed E-state index contributed by atoms with van der Waals surface area (Å²) in [6, 6.07) is 16.5. The summed E-state index contributed by atoms with van der Waals surface area (Å²) in [6.45, 7) is 4.05. The third kappa shape index (κ3) is 2.00. The van der Waals surface area contributed by atoms with Crippen LogP contribution in [0.3, 0.4) is 0 Å². The number of nitrogens with zero attached hydrogens (tertiary/aromatic N) is 2. The number of furan rings is 1. The first-order valence-electron chi connectivity index (χ1n) is 7.91. The molecule has 2 heterocycles. The molecule has 0 amide bonds. The first-order valence-corrected chi connectivity index (χ1v) is 7.91. The van der Waals surface area contributed by atoms with Crippen molar-refractivity contribution >= 4 is 21.9 Å². The lowest BCUT2D eigenvalue weighted by molar-refractivity contribution is -0.660. The van der Waals surface area contributed by atoms with Crippen LogP contribution in [0.4, 0.5) is 0 Å². The molecule has 3 heteroatoms. The van der Waals surface area contributed by atoms with Gasteiger partial charge in [0.15, 0.2) is 6.20 Å². The van der Waals surface area contributed by atoms with Crippen LogP contribution in [0.1, 0.15) is 16.7 Å². The summed E-state index contributed by atoms with van der Waals surface area (Å²) in [5.41, 5.74) is 6.77. The number of hydrogen-bond donors (Lipinski definition) is 0. The molecule has 0 aliphatic carbocycles. The minimum absolute atomic E-state index is 0.690. The zero-order valence-corrected chi connectivity index (χ0v) is 13.9. The highest BCUT2D eigenvalue weighted by atomic mass is 16.3. The Labute approximate surface area is 140 Å². The summed E-state index contributed by atoms with van der Waals surface area (Å²) in [5, 5.41) is 11.5. The average molecular weight is 313 g/mol. The molecule has 4 aromatic rings. The van der Waals surface area contributed by atoms with Crippen molar-refractivity contribution in [1.29, 1.82) is 5.26 Å². The monoisotopic (exact) mass is 313 g/mol. The minimum atomic E-state index is 0.690. The number of aryl methyl sites for hydroxylation is 3. The lowest BCUT2D eigenvalue weighted by atomic mass is 9.96. The highest BCUT2D eigenvalue weighted by Gasteiger charge is 2.20. The van der Waals surface area contributed by atoms with Crippen LogP contribution in [0.5, 0.6) is 0 Å². The molecule has 0 aliphatic rings. The Hall–Kier alpha value is -3.12. The normalized spacial score (nSPS) is 11.1. The van der Waals surface area contributed by atoms with E-state index in [-0.39, 0.29) is 0 Å². The zero-order valence-electron chi connectivity index (χ0n) is 13.9. The molecule has 0 saturated heterocycles. The maximum Gasteiger partial charge on any atom is 0.213 e. The fourth-order valence-corrected chi connectivity index (χ4v) is 3.35. The van der Waals surface area contributed by atoms with E-state index in [1.165, 1.54) is 5.56 Å². The van der Waals surface area contributed by atoms with E-state index in [1.54, 1.807) is 0 Å². The number of benzene rings is 2. The molecule has 0 bridgehead atoms. The van der Waals surface area contributed by atoms with E-state index in [4.69, 9.17) is 4.42 Å². The average Bonchev–Trinajstić information content (AvgIpc) is 2.92. The fraction of sp³-hybridized carbons (Fsp3) is 0.143. The second-order valence-electron chi connectivity index (χ2n) is 6.20. The molecule has 0 unspecified atom stereocenters. The Bertz CT molecular complexity index is 1150. The lowest BCUT2D eigenvalue weighted by Crippen LogP contribution is -2.30. The van der Waals surface area contributed by atoms with Gasteiger partial charge in [0.2, 0.25) is 5.69 Å². The van der Waals surface area contributed by atoms with Crippen molar-refractivity contribution in [2.75, 3.05) is 0 Å². The number of nitriles is 1. The number of fused-ring (bicyclic) bond motifs is 3. The van der Waals surface area contributed by atoms with E-state index in [0.717, 1.165) is 38.8 Å². The Balaban J connectivity index is 2.21. The van der Waals surface area contributed by atoms with E-state index in [2.05, 4.69) is 29.7 Å². The molecule has 116 valence electrons. The second kappa shape index (κ2) is 5.21. The van der Waals surface area contributed by atoms with Crippen molar-refractivity contribution in [3.8, 4) is 17.3 Å². The number of aromatic nitrogens is 1.